The number of carbonyl (C=O) groups is 3. The van der Waals surface area contributed by atoms with Gasteiger partial charge in [-0.15, -0.1) is 0 Å². The maximum Gasteiger partial charge on any atom is 0.329 e. The third kappa shape index (κ3) is 4.64. The van der Waals surface area contributed by atoms with Crippen LogP contribution in [0, 0.1) is 0 Å². The number of nitrogens with one attached hydrogen (secondary N) is 2. The maximum atomic E-state index is 12.6. The Hall–Kier alpha value is -3.42. The smallest absolute Gasteiger partial charge is 0.329 e. The molecule has 1 saturated heterocycles. The predicted octanol–water partition coefficient (Wildman–Crippen LogP) is 1.65. The molecule has 1 aliphatic rings. The Balaban J connectivity index is 1.47. The van der Waals surface area contributed by atoms with Crippen LogP contribution in [0.2, 0.25) is 0 Å². The van der Waals surface area contributed by atoms with E-state index in [9.17, 15) is 14.4 Å². The molecule has 1 atom stereocenters. The van der Waals surface area contributed by atoms with E-state index in [1.54, 1.807) is 37.6 Å². The number of benzene rings is 1. The molecule has 1 fully saturated rings. The standard InChI is InChI=1S/C20H22N4O4/c1-28-16-7-5-15(6-8-16)24-19(26)17(23-20(24)27)9-10-18(25)22-13-11-14-4-2-3-12-21-14/h2-8,12,17H,9-11,13H2,1H3,(H,22,25)(H,23,27)/t17-/m1/s1. The Morgan fingerprint density at radius 3 is 2.68 bits per heavy atom. The number of rotatable bonds is 8. The van der Waals surface area contributed by atoms with Gasteiger partial charge in [-0.1, -0.05) is 6.07 Å². The molecule has 0 unspecified atom stereocenters. The lowest BCUT2D eigenvalue weighted by Crippen LogP contribution is -2.33. The molecule has 4 amide bonds. The van der Waals surface area contributed by atoms with Crippen molar-refractivity contribution in [1.29, 1.82) is 0 Å². The van der Waals surface area contributed by atoms with Crippen LogP contribution in [0.5, 0.6) is 5.75 Å². The van der Waals surface area contributed by atoms with E-state index >= 15 is 0 Å². The molecule has 0 aliphatic carbocycles. The van der Waals surface area contributed by atoms with Gasteiger partial charge < -0.3 is 15.4 Å². The zero-order valence-electron chi connectivity index (χ0n) is 15.6. The number of urea groups is 1. The number of nitrogens with zero attached hydrogens (tertiary/aromatic N) is 2. The summed E-state index contributed by atoms with van der Waals surface area (Å²) >= 11 is 0. The van der Waals surface area contributed by atoms with Gasteiger partial charge in [-0.05, 0) is 42.8 Å². The zero-order chi connectivity index (χ0) is 19.9. The van der Waals surface area contributed by atoms with Gasteiger partial charge >= 0.3 is 6.03 Å². The summed E-state index contributed by atoms with van der Waals surface area (Å²) < 4.78 is 5.08. The van der Waals surface area contributed by atoms with Crippen molar-refractivity contribution in [2.24, 2.45) is 0 Å². The normalized spacial score (nSPS) is 16.0. The lowest BCUT2D eigenvalue weighted by atomic mass is 10.1. The molecule has 1 aliphatic heterocycles. The summed E-state index contributed by atoms with van der Waals surface area (Å²) in [6.45, 7) is 0.471. The molecule has 146 valence electrons. The Bertz CT molecular complexity index is 839. The molecule has 2 heterocycles. The van der Waals surface area contributed by atoms with E-state index in [1.807, 2.05) is 18.2 Å². The van der Waals surface area contributed by atoms with Crippen molar-refractivity contribution in [2.75, 3.05) is 18.6 Å². The Kier molecular flexibility index (Phi) is 6.21. The van der Waals surface area contributed by atoms with E-state index in [0.717, 1.165) is 10.6 Å². The lowest BCUT2D eigenvalue weighted by Gasteiger charge is -2.13. The van der Waals surface area contributed by atoms with Gasteiger partial charge in [-0.25, -0.2) is 9.69 Å². The molecular formula is C20H22N4O4. The first-order valence-electron chi connectivity index (χ1n) is 9.03. The van der Waals surface area contributed by atoms with Crippen LogP contribution in [0.4, 0.5) is 10.5 Å². The fourth-order valence-electron chi connectivity index (χ4n) is 2.94. The predicted molar refractivity (Wildman–Crippen MR) is 103 cm³/mol. The van der Waals surface area contributed by atoms with Crippen LogP contribution in [0.15, 0.2) is 48.7 Å². The van der Waals surface area contributed by atoms with Crippen molar-refractivity contribution in [3.8, 4) is 5.75 Å². The highest BCUT2D eigenvalue weighted by Crippen LogP contribution is 2.23. The van der Waals surface area contributed by atoms with Gasteiger partial charge in [0.2, 0.25) is 5.91 Å². The number of hydrogen-bond donors (Lipinski definition) is 2. The Morgan fingerprint density at radius 1 is 1.21 bits per heavy atom. The SMILES string of the molecule is COc1ccc(N2C(=O)N[C@H](CCC(=O)NCCc3ccccn3)C2=O)cc1. The van der Waals surface area contributed by atoms with Crippen molar-refractivity contribution in [3.63, 3.8) is 0 Å². The van der Waals surface area contributed by atoms with Crippen LogP contribution in [0.1, 0.15) is 18.5 Å². The number of anilines is 1. The molecule has 2 aromatic rings. The van der Waals surface area contributed by atoms with Crippen LogP contribution in [0.25, 0.3) is 0 Å². The fraction of sp³-hybridized carbons (Fsp3) is 0.300. The zero-order valence-corrected chi connectivity index (χ0v) is 15.6. The fourth-order valence-corrected chi connectivity index (χ4v) is 2.94. The van der Waals surface area contributed by atoms with Crippen molar-refractivity contribution in [1.82, 2.24) is 15.6 Å². The van der Waals surface area contributed by atoms with Gasteiger partial charge in [0.05, 0.1) is 12.8 Å². The van der Waals surface area contributed by atoms with E-state index in [4.69, 9.17) is 4.74 Å². The van der Waals surface area contributed by atoms with Gasteiger partial charge in [0.1, 0.15) is 11.8 Å². The first kappa shape index (κ1) is 19.3. The van der Waals surface area contributed by atoms with Gasteiger partial charge in [0, 0.05) is 31.3 Å². The molecule has 2 N–H and O–H groups in total. The molecule has 1 aromatic heterocycles. The average Bonchev–Trinajstić information content (AvgIpc) is 3.00. The Labute approximate surface area is 162 Å². The van der Waals surface area contributed by atoms with Crippen LogP contribution in [-0.4, -0.2) is 42.5 Å². The quantitative estimate of drug-likeness (QED) is 0.676. The summed E-state index contributed by atoms with van der Waals surface area (Å²) in [4.78, 5) is 42.0. The van der Waals surface area contributed by atoms with Crippen LogP contribution in [-0.2, 0) is 16.0 Å². The van der Waals surface area contributed by atoms with E-state index in [-0.39, 0.29) is 24.7 Å². The monoisotopic (exact) mass is 382 g/mol. The van der Waals surface area contributed by atoms with Crippen LogP contribution >= 0.6 is 0 Å². The number of pyridine rings is 1. The first-order chi connectivity index (χ1) is 13.6. The number of amides is 4. The number of methoxy groups -OCH3 is 1. The van der Waals surface area contributed by atoms with Crippen molar-refractivity contribution >= 4 is 23.5 Å². The van der Waals surface area contributed by atoms with Crippen molar-refractivity contribution in [2.45, 2.75) is 25.3 Å². The molecule has 0 spiro atoms. The summed E-state index contributed by atoms with van der Waals surface area (Å²) in [6.07, 6.45) is 2.74. The molecule has 28 heavy (non-hydrogen) atoms. The molecule has 0 bridgehead atoms. The summed E-state index contributed by atoms with van der Waals surface area (Å²) in [5.74, 6) is 0.104. The summed E-state index contributed by atoms with van der Waals surface area (Å²) in [6, 6.07) is 11.1. The van der Waals surface area contributed by atoms with Gasteiger partial charge in [0.15, 0.2) is 0 Å². The highest BCUT2D eigenvalue weighted by molar-refractivity contribution is 6.21. The molecule has 8 heteroatoms. The highest BCUT2D eigenvalue weighted by atomic mass is 16.5. The highest BCUT2D eigenvalue weighted by Gasteiger charge is 2.38. The molecular weight excluding hydrogens is 360 g/mol. The third-order valence-electron chi connectivity index (χ3n) is 4.44. The second kappa shape index (κ2) is 8.98. The molecule has 3 rings (SSSR count). The topological polar surface area (TPSA) is 101 Å². The second-order valence-corrected chi connectivity index (χ2v) is 6.33. The summed E-state index contributed by atoms with van der Waals surface area (Å²) in [5.41, 5.74) is 1.36. The van der Waals surface area contributed by atoms with E-state index in [0.29, 0.717) is 24.4 Å². The second-order valence-electron chi connectivity index (χ2n) is 6.33. The Morgan fingerprint density at radius 2 is 2.00 bits per heavy atom. The number of ether oxygens (including phenoxy) is 1. The molecule has 1 aromatic carbocycles. The number of aromatic nitrogens is 1. The minimum absolute atomic E-state index is 0.148. The minimum atomic E-state index is -0.712. The minimum Gasteiger partial charge on any atom is -0.497 e. The molecule has 0 radical (unpaired) electrons. The van der Waals surface area contributed by atoms with Gasteiger partial charge in [-0.2, -0.15) is 0 Å². The van der Waals surface area contributed by atoms with E-state index in [2.05, 4.69) is 15.6 Å². The lowest BCUT2D eigenvalue weighted by molar-refractivity contribution is -0.121. The third-order valence-corrected chi connectivity index (χ3v) is 4.44. The van der Waals surface area contributed by atoms with Crippen molar-refractivity contribution in [3.05, 3.63) is 54.4 Å². The average molecular weight is 382 g/mol. The molecule has 0 saturated carbocycles. The van der Waals surface area contributed by atoms with E-state index < -0.39 is 12.1 Å². The summed E-state index contributed by atoms with van der Waals surface area (Å²) in [5, 5.41) is 5.44. The van der Waals surface area contributed by atoms with E-state index in [1.165, 1.54) is 0 Å². The number of imide groups is 1. The number of hydrogen-bond acceptors (Lipinski definition) is 5. The van der Waals surface area contributed by atoms with Gasteiger partial charge in [0.25, 0.3) is 5.91 Å². The van der Waals surface area contributed by atoms with Crippen molar-refractivity contribution < 1.29 is 19.1 Å². The number of carbonyl (C=O) groups excluding carboxylic acids is 3. The first-order valence-corrected chi connectivity index (χ1v) is 9.03. The van der Waals surface area contributed by atoms with Crippen LogP contribution in [0.3, 0.4) is 0 Å². The van der Waals surface area contributed by atoms with Gasteiger partial charge in [-0.3, -0.25) is 14.6 Å². The summed E-state index contributed by atoms with van der Waals surface area (Å²) in [7, 11) is 1.54. The largest absolute Gasteiger partial charge is 0.497 e. The van der Waals surface area contributed by atoms with Crippen LogP contribution < -0.4 is 20.3 Å². The molecule has 8 nitrogen and oxygen atoms in total. The maximum absolute atomic E-state index is 12.6.